The van der Waals surface area contributed by atoms with Gasteiger partial charge in [0.15, 0.2) is 0 Å². The molecule has 12 nitrogen and oxygen atoms in total. The number of carbonyl (C=O) groups excluding carboxylic acids is 1. The summed E-state index contributed by atoms with van der Waals surface area (Å²) in [6, 6.07) is 11.3. The topological polar surface area (TPSA) is 141 Å². The van der Waals surface area contributed by atoms with Gasteiger partial charge in [-0.15, -0.1) is 0 Å². The summed E-state index contributed by atoms with van der Waals surface area (Å²) in [7, 11) is 0. The number of alkyl carbamates (subject to hydrolysis) is 1. The van der Waals surface area contributed by atoms with Crippen LogP contribution >= 0.6 is 0 Å². The molecule has 0 aliphatic carbocycles. The van der Waals surface area contributed by atoms with E-state index in [9.17, 15) is 14.4 Å². The van der Waals surface area contributed by atoms with E-state index < -0.39 is 5.60 Å². The number of ether oxygens (including phenoxy) is 1. The fourth-order valence-electron chi connectivity index (χ4n) is 6.43. The van der Waals surface area contributed by atoms with E-state index in [0.29, 0.717) is 19.1 Å². The number of nitrogens with one attached hydrogen (secondary N) is 1. The molecule has 0 atom stereocenters. The van der Waals surface area contributed by atoms with Crippen LogP contribution in [0.1, 0.15) is 57.6 Å². The second-order valence-corrected chi connectivity index (χ2v) is 14.4. The lowest BCUT2D eigenvalue weighted by molar-refractivity contribution is 0.0478. The minimum Gasteiger partial charge on any atom is -0.444 e. The van der Waals surface area contributed by atoms with Gasteiger partial charge >= 0.3 is 6.09 Å². The molecule has 2 fully saturated rings. The molecule has 0 spiro atoms. The van der Waals surface area contributed by atoms with Gasteiger partial charge in [-0.2, -0.15) is 0 Å². The van der Waals surface area contributed by atoms with Gasteiger partial charge < -0.3 is 34.7 Å². The summed E-state index contributed by atoms with van der Waals surface area (Å²) in [6.45, 7) is 16.4. The number of nitrogens with two attached hydrogens (primary N) is 1. The first kappa shape index (κ1) is 36.2. The number of likely N-dealkylation sites (tertiary alicyclic amines) is 2. The Kier molecular flexibility index (Phi) is 11.8. The van der Waals surface area contributed by atoms with Crippen molar-refractivity contribution >= 4 is 28.2 Å². The third-order valence-electron chi connectivity index (χ3n) is 9.17. The van der Waals surface area contributed by atoms with Crippen molar-refractivity contribution in [1.82, 2.24) is 34.2 Å². The predicted octanol–water partition coefficient (Wildman–Crippen LogP) is 3.82. The molecular formula is C37H52N8O4. The first-order valence-corrected chi connectivity index (χ1v) is 17.5. The molecule has 6 rings (SSSR count). The smallest absolute Gasteiger partial charge is 0.407 e. The summed E-state index contributed by atoms with van der Waals surface area (Å²) in [5, 5.41) is 2.96. The number of hydrogen-bond acceptors (Lipinski definition) is 9. The van der Waals surface area contributed by atoms with Gasteiger partial charge in [-0.1, -0.05) is 0 Å². The highest BCUT2D eigenvalue weighted by Gasteiger charge is 2.24. The SMILES string of the molecule is Cc1cnc2ccc(=O)n(CCN3CCC(N)CC3)c2c1.Cc1cnc2ccc(=O)n(CCN3CCC(NC(=O)OC(C)(C)C)CC3)c2c1. The quantitative estimate of drug-likeness (QED) is 0.300. The van der Waals surface area contributed by atoms with Crippen LogP contribution in [-0.2, 0) is 17.8 Å². The van der Waals surface area contributed by atoms with Gasteiger partial charge in [0.05, 0.1) is 22.1 Å². The van der Waals surface area contributed by atoms with E-state index in [1.165, 1.54) is 0 Å². The van der Waals surface area contributed by atoms with E-state index in [2.05, 4.69) is 25.1 Å². The normalized spacial score (nSPS) is 16.8. The summed E-state index contributed by atoms with van der Waals surface area (Å²) in [5.41, 5.74) is 11.1. The number of nitrogens with zero attached hydrogens (tertiary/aromatic N) is 6. The van der Waals surface area contributed by atoms with Gasteiger partial charge in [-0.05, 0) is 109 Å². The molecule has 264 valence electrons. The number of rotatable bonds is 7. The van der Waals surface area contributed by atoms with Crippen LogP contribution in [0.15, 0.2) is 58.4 Å². The number of fused-ring (bicyclic) bond motifs is 2. The molecular weight excluding hydrogens is 620 g/mol. The number of aryl methyl sites for hydroxylation is 2. The zero-order chi connectivity index (χ0) is 35.1. The third-order valence-corrected chi connectivity index (χ3v) is 9.17. The number of hydrogen-bond donors (Lipinski definition) is 2. The molecule has 4 aromatic heterocycles. The number of carbonyl (C=O) groups is 1. The number of pyridine rings is 4. The molecule has 6 heterocycles. The maximum absolute atomic E-state index is 12.4. The molecule has 3 N–H and O–H groups in total. The van der Waals surface area contributed by atoms with Gasteiger partial charge in [0.25, 0.3) is 11.1 Å². The molecule has 0 radical (unpaired) electrons. The van der Waals surface area contributed by atoms with Crippen LogP contribution in [0.25, 0.3) is 22.1 Å². The zero-order valence-corrected chi connectivity index (χ0v) is 29.7. The molecule has 1 amide bonds. The van der Waals surface area contributed by atoms with Crippen molar-refractivity contribution in [1.29, 1.82) is 0 Å². The summed E-state index contributed by atoms with van der Waals surface area (Å²) >= 11 is 0. The average Bonchev–Trinajstić information content (AvgIpc) is 3.05. The highest BCUT2D eigenvalue weighted by molar-refractivity contribution is 5.75. The molecule has 2 aliphatic heterocycles. The van der Waals surface area contributed by atoms with Crippen molar-refractivity contribution in [3.05, 3.63) is 80.6 Å². The summed E-state index contributed by atoms with van der Waals surface area (Å²) in [5.74, 6) is 0. The second-order valence-electron chi connectivity index (χ2n) is 14.4. The number of piperidine rings is 2. The van der Waals surface area contributed by atoms with Crippen molar-refractivity contribution in [3.63, 3.8) is 0 Å². The van der Waals surface area contributed by atoms with Crippen molar-refractivity contribution in [2.24, 2.45) is 5.73 Å². The largest absolute Gasteiger partial charge is 0.444 e. The van der Waals surface area contributed by atoms with E-state index in [0.717, 1.165) is 98.1 Å². The number of amides is 1. The maximum Gasteiger partial charge on any atom is 0.407 e. The first-order valence-electron chi connectivity index (χ1n) is 17.5. The highest BCUT2D eigenvalue weighted by atomic mass is 16.6. The lowest BCUT2D eigenvalue weighted by Crippen LogP contribution is -2.46. The second kappa shape index (κ2) is 16.1. The Morgan fingerprint density at radius 3 is 1.67 bits per heavy atom. The summed E-state index contributed by atoms with van der Waals surface area (Å²) in [4.78, 5) is 50.0. The lowest BCUT2D eigenvalue weighted by Gasteiger charge is -2.33. The molecule has 0 unspecified atom stereocenters. The molecule has 0 saturated carbocycles. The van der Waals surface area contributed by atoms with Crippen LogP contribution < -0.4 is 22.2 Å². The standard InChI is InChI=1S/C21H30N4O3.C16H22N4O/c1-15-13-18-17(22-14-15)5-6-19(26)25(18)12-11-24-9-7-16(8-10-24)23-20(27)28-21(2,3)4;1-12-10-15-14(18-11-12)2-3-16(21)20(15)9-8-19-6-4-13(17)5-7-19/h5-6,13-14,16H,7-12H2,1-4H3,(H,23,27);2-3,10-11,13H,4-9,17H2,1H3. The average molecular weight is 673 g/mol. The van der Waals surface area contributed by atoms with Crippen LogP contribution in [-0.4, -0.2) is 91.9 Å². The van der Waals surface area contributed by atoms with Crippen LogP contribution in [0.2, 0.25) is 0 Å². The van der Waals surface area contributed by atoms with E-state index in [1.54, 1.807) is 28.8 Å². The molecule has 2 saturated heterocycles. The Hall–Kier alpha value is -4.13. The van der Waals surface area contributed by atoms with Gasteiger partial charge in [-0.25, -0.2) is 4.79 Å². The predicted molar refractivity (Wildman–Crippen MR) is 194 cm³/mol. The van der Waals surface area contributed by atoms with E-state index in [1.807, 2.05) is 63.7 Å². The van der Waals surface area contributed by atoms with Crippen molar-refractivity contribution in [3.8, 4) is 0 Å². The fourth-order valence-corrected chi connectivity index (χ4v) is 6.43. The van der Waals surface area contributed by atoms with Crippen LogP contribution in [0.5, 0.6) is 0 Å². The van der Waals surface area contributed by atoms with Crippen molar-refractivity contribution in [2.75, 3.05) is 39.3 Å². The van der Waals surface area contributed by atoms with E-state index in [-0.39, 0.29) is 23.3 Å². The minimum atomic E-state index is -0.482. The van der Waals surface area contributed by atoms with E-state index in [4.69, 9.17) is 10.5 Å². The Morgan fingerprint density at radius 2 is 1.22 bits per heavy atom. The minimum absolute atomic E-state index is 0.00128. The van der Waals surface area contributed by atoms with Gasteiger partial charge in [0.1, 0.15) is 5.60 Å². The Labute approximate surface area is 288 Å². The number of aromatic nitrogens is 4. The van der Waals surface area contributed by atoms with Crippen LogP contribution in [0, 0.1) is 13.8 Å². The molecule has 4 aromatic rings. The van der Waals surface area contributed by atoms with E-state index >= 15 is 0 Å². The summed E-state index contributed by atoms with van der Waals surface area (Å²) in [6.07, 6.45) is 7.16. The maximum atomic E-state index is 12.4. The third kappa shape index (κ3) is 10.2. The van der Waals surface area contributed by atoms with Gasteiger partial charge in [-0.3, -0.25) is 19.6 Å². The molecule has 12 heteroatoms. The Morgan fingerprint density at radius 1 is 0.776 bits per heavy atom. The van der Waals surface area contributed by atoms with Crippen LogP contribution in [0.3, 0.4) is 0 Å². The first-order chi connectivity index (χ1) is 23.3. The van der Waals surface area contributed by atoms with Crippen LogP contribution in [0.4, 0.5) is 4.79 Å². The van der Waals surface area contributed by atoms with Crippen molar-refractivity contribution < 1.29 is 9.53 Å². The Bertz CT molecular complexity index is 1850. The molecule has 2 aliphatic rings. The van der Waals surface area contributed by atoms with Gasteiger partial charge in [0.2, 0.25) is 0 Å². The fraction of sp³-hybridized carbons (Fsp3) is 0.541. The van der Waals surface area contributed by atoms with Crippen molar-refractivity contribution in [2.45, 2.75) is 91.1 Å². The molecule has 0 aromatic carbocycles. The lowest BCUT2D eigenvalue weighted by atomic mass is 10.1. The van der Waals surface area contributed by atoms with Gasteiger partial charge in [0, 0.05) is 75.9 Å². The zero-order valence-electron chi connectivity index (χ0n) is 29.7. The molecule has 0 bridgehead atoms. The highest BCUT2D eigenvalue weighted by Crippen LogP contribution is 2.15. The monoisotopic (exact) mass is 672 g/mol. The summed E-state index contributed by atoms with van der Waals surface area (Å²) < 4.78 is 8.97. The molecule has 49 heavy (non-hydrogen) atoms. The Balaban J connectivity index is 0.000000199.